The summed E-state index contributed by atoms with van der Waals surface area (Å²) in [7, 11) is -1.78. The van der Waals surface area contributed by atoms with Gasteiger partial charge in [0.15, 0.2) is 0 Å². The van der Waals surface area contributed by atoms with Crippen molar-refractivity contribution in [3.8, 4) is 6.07 Å². The maximum Gasteiger partial charge on any atom is 0.243 e. The van der Waals surface area contributed by atoms with Gasteiger partial charge in [0.2, 0.25) is 10.0 Å². The fraction of sp³-hybridized carbons (Fsp3) is 0.556. The van der Waals surface area contributed by atoms with Gasteiger partial charge in [-0.15, -0.1) is 0 Å². The highest BCUT2D eigenvalue weighted by Gasteiger charge is 2.14. The molecule has 1 aromatic heterocycles. The number of hydrogen-bond acceptors (Lipinski definition) is 4. The molecule has 88 valence electrons. The number of unbranched alkanes of at least 4 members (excludes halogenated alkanes) is 2. The van der Waals surface area contributed by atoms with E-state index < -0.39 is 10.0 Å². The van der Waals surface area contributed by atoms with Crippen LogP contribution in [0, 0.1) is 11.3 Å². The van der Waals surface area contributed by atoms with Crippen LogP contribution in [0.1, 0.15) is 19.3 Å². The molecule has 0 radical (unpaired) electrons. The molecule has 0 spiro atoms. The number of nitrogens with zero attached hydrogens (tertiary/aromatic N) is 3. The highest BCUT2D eigenvalue weighted by Crippen LogP contribution is 2.05. The van der Waals surface area contributed by atoms with Crippen LogP contribution in [0.15, 0.2) is 17.3 Å². The van der Waals surface area contributed by atoms with Crippen molar-refractivity contribution >= 4 is 10.0 Å². The molecule has 1 N–H and O–H groups in total. The third-order valence-corrected chi connectivity index (χ3v) is 3.41. The number of aromatic nitrogens is 2. The fourth-order valence-corrected chi connectivity index (χ4v) is 2.21. The van der Waals surface area contributed by atoms with Crippen LogP contribution in [-0.2, 0) is 17.1 Å². The summed E-state index contributed by atoms with van der Waals surface area (Å²) < 4.78 is 27.2. The summed E-state index contributed by atoms with van der Waals surface area (Å²) in [5.74, 6) is 0. The molecule has 0 aliphatic rings. The van der Waals surface area contributed by atoms with E-state index in [1.807, 2.05) is 6.07 Å². The van der Waals surface area contributed by atoms with Gasteiger partial charge in [0.1, 0.15) is 4.90 Å². The standard InChI is InChI=1S/C9H14N4O2S/c1-13-8-9(7-11-13)16(14,15)12-6-4-2-3-5-10/h7-8,12H,2-4,6H2,1H3. The molecule has 0 bridgehead atoms. The molecule has 7 heteroatoms. The van der Waals surface area contributed by atoms with Crippen LogP contribution in [0.5, 0.6) is 0 Å². The molecular weight excluding hydrogens is 228 g/mol. The Kier molecular flexibility index (Phi) is 4.46. The van der Waals surface area contributed by atoms with Crippen LogP contribution >= 0.6 is 0 Å². The molecule has 0 saturated heterocycles. The van der Waals surface area contributed by atoms with Crippen LogP contribution in [0.3, 0.4) is 0 Å². The van der Waals surface area contributed by atoms with Gasteiger partial charge < -0.3 is 0 Å². The number of nitriles is 1. The summed E-state index contributed by atoms with van der Waals surface area (Å²) >= 11 is 0. The predicted octanol–water partition coefficient (Wildman–Crippen LogP) is 0.392. The van der Waals surface area contributed by atoms with Gasteiger partial charge in [-0.3, -0.25) is 4.68 Å². The van der Waals surface area contributed by atoms with Gasteiger partial charge in [0.25, 0.3) is 0 Å². The Morgan fingerprint density at radius 1 is 1.56 bits per heavy atom. The minimum Gasteiger partial charge on any atom is -0.274 e. The largest absolute Gasteiger partial charge is 0.274 e. The van der Waals surface area contributed by atoms with Gasteiger partial charge in [-0.1, -0.05) is 0 Å². The first kappa shape index (κ1) is 12.7. The summed E-state index contributed by atoms with van der Waals surface area (Å²) in [6.45, 7) is 0.346. The van der Waals surface area contributed by atoms with Gasteiger partial charge in [-0.2, -0.15) is 10.4 Å². The highest BCUT2D eigenvalue weighted by molar-refractivity contribution is 7.89. The lowest BCUT2D eigenvalue weighted by molar-refractivity contribution is 0.577. The number of aryl methyl sites for hydroxylation is 1. The van der Waals surface area contributed by atoms with Gasteiger partial charge in [0.05, 0.1) is 12.3 Å². The lowest BCUT2D eigenvalue weighted by atomic mass is 10.2. The van der Waals surface area contributed by atoms with E-state index in [0.29, 0.717) is 25.8 Å². The topological polar surface area (TPSA) is 87.8 Å². The first-order valence-electron chi connectivity index (χ1n) is 4.91. The Morgan fingerprint density at radius 2 is 2.31 bits per heavy atom. The Morgan fingerprint density at radius 3 is 2.88 bits per heavy atom. The number of nitrogens with one attached hydrogen (secondary N) is 1. The Labute approximate surface area is 94.9 Å². The Balaban J connectivity index is 2.45. The summed E-state index contributed by atoms with van der Waals surface area (Å²) in [4.78, 5) is 0.162. The maximum absolute atomic E-state index is 11.6. The van der Waals surface area contributed by atoms with Crippen LogP contribution in [0.4, 0.5) is 0 Å². The maximum atomic E-state index is 11.6. The monoisotopic (exact) mass is 242 g/mol. The van der Waals surface area contributed by atoms with Crippen LogP contribution < -0.4 is 4.72 Å². The molecule has 0 saturated carbocycles. The van der Waals surface area contributed by atoms with Crippen LogP contribution in [0.2, 0.25) is 0 Å². The van der Waals surface area contributed by atoms with Gasteiger partial charge in [0, 0.05) is 26.2 Å². The van der Waals surface area contributed by atoms with E-state index >= 15 is 0 Å². The first-order valence-corrected chi connectivity index (χ1v) is 6.40. The van der Waals surface area contributed by atoms with Gasteiger partial charge >= 0.3 is 0 Å². The minimum absolute atomic E-state index is 0.162. The minimum atomic E-state index is -3.44. The molecule has 0 aliphatic heterocycles. The molecule has 0 aliphatic carbocycles. The van der Waals surface area contributed by atoms with Crippen molar-refractivity contribution in [2.75, 3.05) is 6.54 Å². The molecule has 1 aromatic rings. The molecule has 1 rings (SSSR count). The lowest BCUT2D eigenvalue weighted by Crippen LogP contribution is -2.24. The first-order chi connectivity index (χ1) is 7.56. The second kappa shape index (κ2) is 5.63. The van der Waals surface area contributed by atoms with Crippen LogP contribution in [0.25, 0.3) is 0 Å². The molecule has 6 nitrogen and oxygen atoms in total. The van der Waals surface area contributed by atoms with E-state index in [1.54, 1.807) is 7.05 Å². The third-order valence-electron chi connectivity index (χ3n) is 2.00. The van der Waals surface area contributed by atoms with E-state index in [-0.39, 0.29) is 4.90 Å². The third kappa shape index (κ3) is 3.64. The van der Waals surface area contributed by atoms with Crippen LogP contribution in [-0.4, -0.2) is 24.7 Å². The quantitative estimate of drug-likeness (QED) is 0.731. The smallest absolute Gasteiger partial charge is 0.243 e. The average molecular weight is 242 g/mol. The summed E-state index contributed by atoms with van der Waals surface area (Å²) in [6, 6.07) is 2.01. The second-order valence-corrected chi connectivity index (χ2v) is 5.13. The molecule has 0 aromatic carbocycles. The molecule has 1 heterocycles. The van der Waals surface area contributed by atoms with E-state index in [9.17, 15) is 8.42 Å². The zero-order valence-corrected chi connectivity index (χ0v) is 9.87. The number of sulfonamides is 1. The zero-order valence-electron chi connectivity index (χ0n) is 9.05. The van der Waals surface area contributed by atoms with Crippen molar-refractivity contribution in [2.24, 2.45) is 7.05 Å². The van der Waals surface area contributed by atoms with Crippen molar-refractivity contribution in [3.05, 3.63) is 12.4 Å². The molecule has 0 unspecified atom stereocenters. The number of rotatable bonds is 6. The summed E-state index contributed by atoms with van der Waals surface area (Å²) in [6.07, 6.45) is 4.56. The molecule has 16 heavy (non-hydrogen) atoms. The SMILES string of the molecule is Cn1cc(S(=O)(=O)NCCCCC#N)cn1. The fourth-order valence-electron chi connectivity index (χ4n) is 1.16. The Bertz CT molecular complexity index is 472. The number of hydrogen-bond donors (Lipinski definition) is 1. The van der Waals surface area contributed by atoms with Crippen molar-refractivity contribution in [1.82, 2.24) is 14.5 Å². The van der Waals surface area contributed by atoms with Crippen molar-refractivity contribution < 1.29 is 8.42 Å². The van der Waals surface area contributed by atoms with E-state index in [4.69, 9.17) is 5.26 Å². The average Bonchev–Trinajstić information content (AvgIpc) is 2.65. The molecule has 0 fully saturated rings. The predicted molar refractivity (Wildman–Crippen MR) is 57.9 cm³/mol. The second-order valence-electron chi connectivity index (χ2n) is 3.36. The van der Waals surface area contributed by atoms with Crippen molar-refractivity contribution in [3.63, 3.8) is 0 Å². The zero-order chi connectivity index (χ0) is 12.0. The molecule has 0 amide bonds. The van der Waals surface area contributed by atoms with Crippen molar-refractivity contribution in [2.45, 2.75) is 24.2 Å². The normalized spacial score (nSPS) is 11.2. The highest BCUT2D eigenvalue weighted by atomic mass is 32.2. The van der Waals surface area contributed by atoms with Crippen molar-refractivity contribution in [1.29, 1.82) is 5.26 Å². The molecular formula is C9H14N4O2S. The van der Waals surface area contributed by atoms with Gasteiger partial charge in [-0.05, 0) is 12.8 Å². The molecule has 0 atom stereocenters. The summed E-state index contributed by atoms with van der Waals surface area (Å²) in [5.41, 5.74) is 0. The summed E-state index contributed by atoms with van der Waals surface area (Å²) in [5, 5.41) is 12.1. The lowest BCUT2D eigenvalue weighted by Gasteiger charge is -2.02. The van der Waals surface area contributed by atoms with Gasteiger partial charge in [-0.25, -0.2) is 13.1 Å². The van der Waals surface area contributed by atoms with E-state index in [2.05, 4.69) is 9.82 Å². The van der Waals surface area contributed by atoms with E-state index in [0.717, 1.165) is 0 Å². The Hall–Kier alpha value is -1.39. The van der Waals surface area contributed by atoms with E-state index in [1.165, 1.54) is 17.1 Å².